The number of nitrogens with zero attached hydrogens (tertiary/aromatic N) is 2. The highest BCUT2D eigenvalue weighted by Crippen LogP contribution is 2.30. The third-order valence-corrected chi connectivity index (χ3v) is 4.59. The maximum absolute atomic E-state index is 12.4. The number of amides is 2. The standard InChI is InChI=1S/C17H31N3O3/c1-12-9-18-13(10-19-8-7-17(5,6)14(19)21)11-20(12)15(22)23-16(2,3)4/h12-13,18H,7-11H2,1-6H3/t12-,13+/m1/s1. The zero-order valence-corrected chi connectivity index (χ0v) is 15.3. The second-order valence-corrected chi connectivity index (χ2v) is 8.47. The van der Waals surface area contributed by atoms with Crippen LogP contribution in [0.5, 0.6) is 0 Å². The fraction of sp³-hybridized carbons (Fsp3) is 0.882. The van der Waals surface area contributed by atoms with Crippen LogP contribution < -0.4 is 5.32 Å². The molecule has 0 aromatic carbocycles. The van der Waals surface area contributed by atoms with E-state index in [2.05, 4.69) is 5.32 Å². The van der Waals surface area contributed by atoms with E-state index in [0.29, 0.717) is 13.1 Å². The number of ether oxygens (including phenoxy) is 1. The lowest BCUT2D eigenvalue weighted by Crippen LogP contribution is -2.60. The number of hydrogen-bond acceptors (Lipinski definition) is 4. The van der Waals surface area contributed by atoms with Gasteiger partial charge in [0, 0.05) is 43.7 Å². The van der Waals surface area contributed by atoms with Gasteiger partial charge in [0.1, 0.15) is 5.60 Å². The lowest BCUT2D eigenvalue weighted by molar-refractivity contribution is -0.135. The van der Waals surface area contributed by atoms with Gasteiger partial charge in [-0.25, -0.2) is 4.79 Å². The van der Waals surface area contributed by atoms with Crippen molar-refractivity contribution in [2.24, 2.45) is 5.41 Å². The topological polar surface area (TPSA) is 61.9 Å². The molecule has 1 N–H and O–H groups in total. The van der Waals surface area contributed by atoms with E-state index in [-0.39, 0.29) is 29.5 Å². The highest BCUT2D eigenvalue weighted by atomic mass is 16.6. The molecule has 0 aromatic rings. The van der Waals surface area contributed by atoms with E-state index in [1.54, 1.807) is 4.90 Å². The van der Waals surface area contributed by atoms with E-state index in [1.165, 1.54) is 0 Å². The Morgan fingerprint density at radius 2 is 2.04 bits per heavy atom. The molecule has 2 amide bonds. The van der Waals surface area contributed by atoms with Gasteiger partial charge in [-0.15, -0.1) is 0 Å². The molecule has 0 bridgehead atoms. The largest absolute Gasteiger partial charge is 0.444 e. The average molecular weight is 325 g/mol. The van der Waals surface area contributed by atoms with Gasteiger partial charge in [-0.1, -0.05) is 13.8 Å². The summed E-state index contributed by atoms with van der Waals surface area (Å²) in [6.45, 7) is 14.4. The van der Waals surface area contributed by atoms with Crippen molar-refractivity contribution in [3.63, 3.8) is 0 Å². The molecule has 2 aliphatic heterocycles. The first-order valence-corrected chi connectivity index (χ1v) is 8.52. The number of carbonyl (C=O) groups is 2. The van der Waals surface area contributed by atoms with E-state index >= 15 is 0 Å². The monoisotopic (exact) mass is 325 g/mol. The number of piperazine rings is 1. The van der Waals surface area contributed by atoms with Crippen LogP contribution in [0.4, 0.5) is 4.79 Å². The van der Waals surface area contributed by atoms with Crippen LogP contribution in [0.25, 0.3) is 0 Å². The molecule has 0 aromatic heterocycles. The fourth-order valence-corrected chi connectivity index (χ4v) is 3.12. The Hall–Kier alpha value is -1.30. The van der Waals surface area contributed by atoms with Crippen LogP contribution in [0.15, 0.2) is 0 Å². The van der Waals surface area contributed by atoms with Crippen molar-refractivity contribution < 1.29 is 14.3 Å². The van der Waals surface area contributed by atoms with Crippen molar-refractivity contribution in [1.82, 2.24) is 15.1 Å². The zero-order valence-electron chi connectivity index (χ0n) is 15.3. The third-order valence-electron chi connectivity index (χ3n) is 4.59. The predicted octanol–water partition coefficient (Wildman–Crippen LogP) is 1.84. The molecule has 6 nitrogen and oxygen atoms in total. The lowest BCUT2D eigenvalue weighted by atomic mass is 9.92. The van der Waals surface area contributed by atoms with Crippen LogP contribution in [0.2, 0.25) is 0 Å². The van der Waals surface area contributed by atoms with E-state index in [4.69, 9.17) is 4.74 Å². The van der Waals surface area contributed by atoms with Crippen molar-refractivity contribution in [2.45, 2.75) is 65.6 Å². The smallest absolute Gasteiger partial charge is 0.410 e. The van der Waals surface area contributed by atoms with Crippen LogP contribution in [-0.2, 0) is 9.53 Å². The highest BCUT2D eigenvalue weighted by Gasteiger charge is 2.40. The van der Waals surface area contributed by atoms with Gasteiger partial charge >= 0.3 is 6.09 Å². The van der Waals surface area contributed by atoms with Gasteiger partial charge in [0.2, 0.25) is 5.91 Å². The molecule has 0 aliphatic carbocycles. The summed E-state index contributed by atoms with van der Waals surface area (Å²) in [6, 6.07) is 0.184. The molecular formula is C17H31N3O3. The molecule has 2 fully saturated rings. The maximum atomic E-state index is 12.4. The van der Waals surface area contributed by atoms with Crippen LogP contribution in [0.3, 0.4) is 0 Å². The molecular weight excluding hydrogens is 294 g/mol. The minimum absolute atomic E-state index is 0.0896. The Balaban J connectivity index is 1.95. The summed E-state index contributed by atoms with van der Waals surface area (Å²) in [5, 5.41) is 3.45. The number of carbonyl (C=O) groups excluding carboxylic acids is 2. The molecule has 0 radical (unpaired) electrons. The Morgan fingerprint density at radius 1 is 1.39 bits per heavy atom. The summed E-state index contributed by atoms with van der Waals surface area (Å²) in [5.41, 5.74) is -0.751. The fourth-order valence-electron chi connectivity index (χ4n) is 3.12. The first-order chi connectivity index (χ1) is 10.5. The summed E-state index contributed by atoms with van der Waals surface area (Å²) < 4.78 is 5.50. The minimum Gasteiger partial charge on any atom is -0.444 e. The SMILES string of the molecule is C[C@@H]1CN[C@@H](CN2CCC(C)(C)C2=O)CN1C(=O)OC(C)(C)C. The van der Waals surface area contributed by atoms with Crippen molar-refractivity contribution >= 4 is 12.0 Å². The van der Waals surface area contributed by atoms with Crippen molar-refractivity contribution in [2.75, 3.05) is 26.2 Å². The number of nitrogens with one attached hydrogen (secondary N) is 1. The zero-order chi connectivity index (χ0) is 17.4. The van der Waals surface area contributed by atoms with E-state index < -0.39 is 5.60 Å². The normalized spacial score (nSPS) is 28.2. The first-order valence-electron chi connectivity index (χ1n) is 8.52. The number of likely N-dealkylation sites (tertiary alicyclic amines) is 1. The maximum Gasteiger partial charge on any atom is 0.410 e. The first kappa shape index (κ1) is 18.0. The van der Waals surface area contributed by atoms with Crippen LogP contribution >= 0.6 is 0 Å². The summed E-state index contributed by atoms with van der Waals surface area (Å²) in [7, 11) is 0. The Labute approximate surface area is 139 Å². The molecule has 2 heterocycles. The summed E-state index contributed by atoms with van der Waals surface area (Å²) in [4.78, 5) is 28.4. The van der Waals surface area contributed by atoms with Gasteiger partial charge in [-0.2, -0.15) is 0 Å². The van der Waals surface area contributed by atoms with E-state index in [1.807, 2.05) is 46.4 Å². The average Bonchev–Trinajstić information content (AvgIpc) is 2.66. The second-order valence-electron chi connectivity index (χ2n) is 8.47. The number of rotatable bonds is 2. The molecule has 2 aliphatic rings. The summed E-state index contributed by atoms with van der Waals surface area (Å²) >= 11 is 0. The molecule has 2 rings (SSSR count). The van der Waals surface area contributed by atoms with Gasteiger partial charge in [0.05, 0.1) is 0 Å². The van der Waals surface area contributed by atoms with Crippen LogP contribution in [0, 0.1) is 5.41 Å². The van der Waals surface area contributed by atoms with Crippen LogP contribution in [-0.4, -0.2) is 65.7 Å². The molecule has 6 heteroatoms. The van der Waals surface area contributed by atoms with Crippen molar-refractivity contribution in [1.29, 1.82) is 0 Å². The summed E-state index contributed by atoms with van der Waals surface area (Å²) in [5.74, 6) is 0.210. The molecule has 0 unspecified atom stereocenters. The molecule has 132 valence electrons. The van der Waals surface area contributed by atoms with E-state index in [0.717, 1.165) is 19.5 Å². The molecule has 2 atom stereocenters. The van der Waals surface area contributed by atoms with Gasteiger partial charge in [0.25, 0.3) is 0 Å². The summed E-state index contributed by atoms with van der Waals surface area (Å²) in [6.07, 6.45) is 0.620. The van der Waals surface area contributed by atoms with Gasteiger partial charge in [0.15, 0.2) is 0 Å². The quantitative estimate of drug-likeness (QED) is 0.841. The molecule has 23 heavy (non-hydrogen) atoms. The predicted molar refractivity (Wildman–Crippen MR) is 89.2 cm³/mol. The number of hydrogen-bond donors (Lipinski definition) is 1. The van der Waals surface area contributed by atoms with Gasteiger partial charge in [-0.05, 0) is 34.1 Å². The Morgan fingerprint density at radius 3 is 2.57 bits per heavy atom. The molecule has 0 spiro atoms. The molecule has 2 saturated heterocycles. The van der Waals surface area contributed by atoms with E-state index in [9.17, 15) is 9.59 Å². The molecule has 0 saturated carbocycles. The Kier molecular flexibility index (Phi) is 4.95. The highest BCUT2D eigenvalue weighted by molar-refractivity contribution is 5.84. The van der Waals surface area contributed by atoms with Gasteiger partial charge in [-0.3, -0.25) is 4.79 Å². The van der Waals surface area contributed by atoms with Crippen molar-refractivity contribution in [3.05, 3.63) is 0 Å². The third kappa shape index (κ3) is 4.37. The van der Waals surface area contributed by atoms with Crippen molar-refractivity contribution in [3.8, 4) is 0 Å². The second kappa shape index (κ2) is 6.30. The van der Waals surface area contributed by atoms with Crippen LogP contribution in [0.1, 0.15) is 48.0 Å². The Bertz CT molecular complexity index is 470. The van der Waals surface area contributed by atoms with Gasteiger partial charge < -0.3 is 19.9 Å². The minimum atomic E-state index is -0.494. The lowest BCUT2D eigenvalue weighted by Gasteiger charge is -2.40.